The molecule has 1 aliphatic heterocycles. The van der Waals surface area contributed by atoms with Gasteiger partial charge < -0.3 is 14.5 Å². The van der Waals surface area contributed by atoms with Gasteiger partial charge in [0.25, 0.3) is 5.91 Å². The number of oxime groups is 1. The van der Waals surface area contributed by atoms with Crippen molar-refractivity contribution in [1.29, 1.82) is 0 Å². The van der Waals surface area contributed by atoms with Gasteiger partial charge in [-0.3, -0.25) is 4.79 Å². The van der Waals surface area contributed by atoms with Crippen LogP contribution in [0.4, 0.5) is 0 Å². The molecule has 2 heterocycles. The summed E-state index contributed by atoms with van der Waals surface area (Å²) in [6.45, 7) is 0.995. The van der Waals surface area contributed by atoms with Crippen LogP contribution in [0, 0.1) is 0 Å². The van der Waals surface area contributed by atoms with Crippen LogP contribution in [0.15, 0.2) is 77.3 Å². The minimum Gasteiger partial charge on any atom is -0.496 e. The number of hydrogen-bond donors (Lipinski definition) is 0. The zero-order valence-corrected chi connectivity index (χ0v) is 17.0. The summed E-state index contributed by atoms with van der Waals surface area (Å²) in [5.41, 5.74) is 2.86. The van der Waals surface area contributed by atoms with Gasteiger partial charge in [0, 0.05) is 18.5 Å². The highest BCUT2D eigenvalue weighted by atomic mass is 32.1. The average molecular weight is 407 g/mol. The molecule has 29 heavy (non-hydrogen) atoms. The largest absolute Gasteiger partial charge is 0.496 e. The second-order valence-electron chi connectivity index (χ2n) is 6.82. The summed E-state index contributed by atoms with van der Waals surface area (Å²) in [4.78, 5) is 21.3. The molecule has 1 amide bonds. The van der Waals surface area contributed by atoms with E-state index in [-0.39, 0.29) is 12.0 Å². The first-order valence-corrected chi connectivity index (χ1v) is 10.4. The van der Waals surface area contributed by atoms with Crippen LogP contribution in [0.1, 0.15) is 27.2 Å². The third-order valence-electron chi connectivity index (χ3n) is 4.81. The van der Waals surface area contributed by atoms with E-state index in [1.165, 1.54) is 11.3 Å². The lowest BCUT2D eigenvalue weighted by atomic mass is 10.0. The molecule has 0 unspecified atom stereocenters. The predicted molar refractivity (Wildman–Crippen MR) is 115 cm³/mol. The maximum atomic E-state index is 13.1. The Morgan fingerprint density at radius 2 is 1.93 bits per heavy atom. The van der Waals surface area contributed by atoms with Gasteiger partial charge in [-0.2, -0.15) is 0 Å². The SMILES string of the molecule is COc1ccccc1C1=NO[C@@H](CN(Cc2ccccc2)C(=O)c2cccs2)C1. The number of ether oxygens (including phenoxy) is 1. The normalized spacial score (nSPS) is 15.5. The van der Waals surface area contributed by atoms with Crippen molar-refractivity contribution < 1.29 is 14.4 Å². The van der Waals surface area contributed by atoms with Gasteiger partial charge in [-0.05, 0) is 29.1 Å². The van der Waals surface area contributed by atoms with E-state index in [1.807, 2.05) is 77.0 Å². The molecular formula is C23H22N2O3S. The fourth-order valence-electron chi connectivity index (χ4n) is 3.39. The monoisotopic (exact) mass is 406 g/mol. The first-order chi connectivity index (χ1) is 14.2. The van der Waals surface area contributed by atoms with Gasteiger partial charge in [0.15, 0.2) is 6.10 Å². The van der Waals surface area contributed by atoms with Crippen molar-refractivity contribution >= 4 is 23.0 Å². The minimum atomic E-state index is -0.192. The highest BCUT2D eigenvalue weighted by molar-refractivity contribution is 7.12. The quantitative estimate of drug-likeness (QED) is 0.577. The van der Waals surface area contributed by atoms with E-state index in [0.29, 0.717) is 19.5 Å². The molecule has 0 N–H and O–H groups in total. The number of hydrogen-bond acceptors (Lipinski definition) is 5. The Morgan fingerprint density at radius 3 is 2.69 bits per heavy atom. The smallest absolute Gasteiger partial charge is 0.264 e. The predicted octanol–water partition coefficient (Wildman–Crippen LogP) is 4.59. The summed E-state index contributed by atoms with van der Waals surface area (Å²) in [5, 5.41) is 6.20. The number of amides is 1. The number of para-hydroxylation sites is 1. The van der Waals surface area contributed by atoms with Crippen molar-refractivity contribution in [3.8, 4) is 5.75 Å². The number of methoxy groups -OCH3 is 1. The lowest BCUT2D eigenvalue weighted by Gasteiger charge is -2.24. The van der Waals surface area contributed by atoms with E-state index in [1.54, 1.807) is 7.11 Å². The van der Waals surface area contributed by atoms with Crippen LogP contribution in [0.2, 0.25) is 0 Å². The number of carbonyl (C=O) groups excluding carboxylic acids is 1. The lowest BCUT2D eigenvalue weighted by molar-refractivity contribution is 0.0408. The zero-order valence-electron chi connectivity index (χ0n) is 16.2. The number of nitrogens with zero attached hydrogens (tertiary/aromatic N) is 2. The van der Waals surface area contributed by atoms with Crippen LogP contribution in [-0.4, -0.2) is 36.3 Å². The number of rotatable bonds is 7. The summed E-state index contributed by atoms with van der Waals surface area (Å²) in [5.74, 6) is 0.782. The minimum absolute atomic E-state index is 0.0122. The van der Waals surface area contributed by atoms with E-state index in [0.717, 1.165) is 27.5 Å². The van der Waals surface area contributed by atoms with Crippen molar-refractivity contribution in [2.24, 2.45) is 5.16 Å². The second-order valence-corrected chi connectivity index (χ2v) is 7.77. The van der Waals surface area contributed by atoms with Gasteiger partial charge in [0.05, 0.1) is 24.2 Å². The third-order valence-corrected chi connectivity index (χ3v) is 5.67. The number of thiophene rings is 1. The summed E-state index contributed by atoms with van der Waals surface area (Å²) in [7, 11) is 1.65. The molecule has 1 aliphatic rings. The second kappa shape index (κ2) is 8.92. The van der Waals surface area contributed by atoms with Gasteiger partial charge in [-0.15, -0.1) is 11.3 Å². The van der Waals surface area contributed by atoms with Crippen molar-refractivity contribution in [3.63, 3.8) is 0 Å². The molecule has 3 aromatic rings. The first kappa shape index (κ1) is 19.2. The molecule has 148 valence electrons. The molecule has 0 radical (unpaired) electrons. The van der Waals surface area contributed by atoms with Crippen LogP contribution in [0.5, 0.6) is 5.75 Å². The van der Waals surface area contributed by atoms with Crippen LogP contribution < -0.4 is 4.74 Å². The summed E-state index contributed by atoms with van der Waals surface area (Å²) >= 11 is 1.45. The number of benzene rings is 2. The Bertz CT molecular complexity index is 986. The Balaban J connectivity index is 1.49. The van der Waals surface area contributed by atoms with Crippen LogP contribution in [0.3, 0.4) is 0 Å². The third kappa shape index (κ3) is 4.49. The Kier molecular flexibility index (Phi) is 5.91. The van der Waals surface area contributed by atoms with Crippen molar-refractivity contribution in [2.45, 2.75) is 19.1 Å². The van der Waals surface area contributed by atoms with E-state index < -0.39 is 0 Å². The van der Waals surface area contributed by atoms with Crippen LogP contribution >= 0.6 is 11.3 Å². The van der Waals surface area contributed by atoms with Crippen LogP contribution in [-0.2, 0) is 11.4 Å². The zero-order chi connectivity index (χ0) is 20.1. The summed E-state index contributed by atoms with van der Waals surface area (Å²) in [6, 6.07) is 21.5. The van der Waals surface area contributed by atoms with E-state index in [9.17, 15) is 4.79 Å². The van der Waals surface area contributed by atoms with Crippen LogP contribution in [0.25, 0.3) is 0 Å². The Hall–Kier alpha value is -3.12. The molecule has 0 spiro atoms. The molecule has 0 saturated carbocycles. The molecule has 0 fully saturated rings. The van der Waals surface area contributed by atoms with Crippen molar-refractivity contribution in [2.75, 3.05) is 13.7 Å². The molecule has 0 saturated heterocycles. The Morgan fingerprint density at radius 1 is 1.14 bits per heavy atom. The highest BCUT2D eigenvalue weighted by Gasteiger charge is 2.28. The van der Waals surface area contributed by atoms with Crippen molar-refractivity contribution in [1.82, 2.24) is 4.90 Å². The fraction of sp³-hybridized carbons (Fsp3) is 0.217. The topological polar surface area (TPSA) is 51.1 Å². The molecule has 1 atom stereocenters. The highest BCUT2D eigenvalue weighted by Crippen LogP contribution is 2.25. The summed E-state index contributed by atoms with van der Waals surface area (Å²) < 4.78 is 5.44. The average Bonchev–Trinajstić information content (AvgIpc) is 3.46. The maximum Gasteiger partial charge on any atom is 0.264 e. The molecule has 6 heteroatoms. The van der Waals surface area contributed by atoms with E-state index in [4.69, 9.17) is 9.57 Å². The maximum absolute atomic E-state index is 13.1. The van der Waals surface area contributed by atoms with E-state index >= 15 is 0 Å². The van der Waals surface area contributed by atoms with Gasteiger partial charge in [0.2, 0.25) is 0 Å². The first-order valence-electron chi connectivity index (χ1n) is 9.47. The molecule has 4 rings (SSSR count). The molecule has 0 aliphatic carbocycles. The molecule has 1 aromatic heterocycles. The Labute approximate surface area is 174 Å². The van der Waals surface area contributed by atoms with E-state index in [2.05, 4.69) is 5.16 Å². The van der Waals surface area contributed by atoms with Gasteiger partial charge in [-0.25, -0.2) is 0 Å². The van der Waals surface area contributed by atoms with Crippen molar-refractivity contribution in [3.05, 3.63) is 88.1 Å². The fourth-order valence-corrected chi connectivity index (χ4v) is 4.08. The van der Waals surface area contributed by atoms with Gasteiger partial charge >= 0.3 is 0 Å². The number of carbonyl (C=O) groups is 1. The molecule has 0 bridgehead atoms. The summed E-state index contributed by atoms with van der Waals surface area (Å²) in [6.07, 6.45) is 0.436. The standard InChI is InChI=1S/C23H22N2O3S/c1-27-21-11-6-5-10-19(21)20-14-18(28-24-20)16-25(15-17-8-3-2-4-9-17)23(26)22-12-7-13-29-22/h2-13,18H,14-16H2,1H3/t18-/m1/s1. The van der Waals surface area contributed by atoms with Gasteiger partial charge in [0.1, 0.15) is 5.75 Å². The van der Waals surface area contributed by atoms with Gasteiger partial charge in [-0.1, -0.05) is 53.7 Å². The molecule has 2 aromatic carbocycles. The molecule has 5 nitrogen and oxygen atoms in total. The molecular weight excluding hydrogens is 384 g/mol. The lowest BCUT2D eigenvalue weighted by Crippen LogP contribution is -2.37.